The smallest absolute Gasteiger partial charge is 0.324 e. The van der Waals surface area contributed by atoms with Gasteiger partial charge in [0.1, 0.15) is 6.26 Å². The summed E-state index contributed by atoms with van der Waals surface area (Å²) in [5, 5.41) is 4.93. The van der Waals surface area contributed by atoms with Crippen LogP contribution in [-0.2, 0) is 0 Å². The van der Waals surface area contributed by atoms with Crippen LogP contribution in [0.3, 0.4) is 0 Å². The molecule has 1 aromatic rings. The molecule has 2 rings (SSSR count). The quantitative estimate of drug-likeness (QED) is 0.492. The fraction of sp³-hybridized carbons (Fsp3) is 0.222. The van der Waals surface area contributed by atoms with Crippen molar-refractivity contribution in [2.75, 3.05) is 11.6 Å². The Morgan fingerprint density at radius 2 is 2.17 bits per heavy atom. The first-order chi connectivity index (χ1) is 8.61. The Bertz CT molecular complexity index is 475. The molecule has 1 aliphatic rings. The monoisotopic (exact) mass is 318 g/mol. The van der Waals surface area contributed by atoms with Crippen LogP contribution in [-0.4, -0.2) is 30.3 Å². The van der Waals surface area contributed by atoms with E-state index in [2.05, 4.69) is 30.2 Å². The van der Waals surface area contributed by atoms with Crippen molar-refractivity contribution in [1.82, 2.24) is 15.1 Å². The predicted molar refractivity (Wildman–Crippen MR) is 84.5 cm³/mol. The van der Waals surface area contributed by atoms with Crippen molar-refractivity contribution in [2.24, 2.45) is 0 Å². The highest BCUT2D eigenvalue weighted by Crippen LogP contribution is 2.22. The molecular formula is C9H10N4OS4. The second-order valence-corrected chi connectivity index (χ2v) is 5.54. The Morgan fingerprint density at radius 1 is 1.39 bits per heavy atom. The summed E-state index contributed by atoms with van der Waals surface area (Å²) in [6, 6.07) is 0.284. The lowest BCUT2D eigenvalue weighted by molar-refractivity contribution is 0.123. The predicted octanol–water partition coefficient (Wildman–Crippen LogP) is 2.26. The summed E-state index contributed by atoms with van der Waals surface area (Å²) in [5.41, 5.74) is 0. The van der Waals surface area contributed by atoms with Crippen LogP contribution < -0.4 is 5.01 Å². The van der Waals surface area contributed by atoms with Gasteiger partial charge in [-0.05, 0) is 18.6 Å². The summed E-state index contributed by atoms with van der Waals surface area (Å²) in [4.78, 5) is 4.05. The molecule has 0 amide bonds. The van der Waals surface area contributed by atoms with Crippen LogP contribution in [0, 0.1) is 0 Å². The molecule has 5 nitrogen and oxygen atoms in total. The summed E-state index contributed by atoms with van der Waals surface area (Å²) in [6.45, 7) is 0.772. The van der Waals surface area contributed by atoms with Gasteiger partial charge in [0.25, 0.3) is 0 Å². The van der Waals surface area contributed by atoms with Crippen LogP contribution in [0.4, 0.5) is 6.01 Å². The first kappa shape index (κ1) is 13.7. The molecule has 2 heterocycles. The molecule has 1 aromatic heterocycles. The second-order valence-electron chi connectivity index (χ2n) is 3.32. The van der Waals surface area contributed by atoms with Gasteiger partial charge in [-0.3, -0.25) is 5.01 Å². The maximum Gasteiger partial charge on any atom is 0.324 e. The molecule has 0 fully saturated rings. The molecule has 0 spiro atoms. The van der Waals surface area contributed by atoms with E-state index >= 15 is 0 Å². The standard InChI is InChI=1S/C9H10N4OS4/c15-8(16)12(7-10-3-6-14-7)13(9(17)18)11-4-1-2-5-11/h1,3-4,6H,2,5H2,(H,15,16)(H,17,18). The summed E-state index contributed by atoms with van der Waals surface area (Å²) >= 11 is 18.6. The van der Waals surface area contributed by atoms with E-state index in [0.29, 0.717) is 4.32 Å². The van der Waals surface area contributed by atoms with Crippen molar-refractivity contribution < 1.29 is 4.42 Å². The molecule has 18 heavy (non-hydrogen) atoms. The number of anilines is 1. The number of thiocarbonyl (C=S) groups is 2. The Hall–Kier alpha value is -0.770. The first-order valence-corrected chi connectivity index (χ1v) is 6.71. The number of nitrogens with zero attached hydrogens (tertiary/aromatic N) is 4. The van der Waals surface area contributed by atoms with Crippen molar-refractivity contribution >= 4 is 64.3 Å². The topological polar surface area (TPSA) is 35.8 Å². The van der Waals surface area contributed by atoms with Crippen LogP contribution in [0.1, 0.15) is 6.42 Å². The summed E-state index contributed by atoms with van der Waals surface area (Å²) in [6.07, 6.45) is 7.81. The lowest BCUT2D eigenvalue weighted by Gasteiger charge is -2.38. The highest BCUT2D eigenvalue weighted by molar-refractivity contribution is 8.12. The van der Waals surface area contributed by atoms with Gasteiger partial charge in [0.05, 0.1) is 6.20 Å². The normalized spacial score (nSPS) is 13.8. The highest BCUT2D eigenvalue weighted by Gasteiger charge is 2.28. The van der Waals surface area contributed by atoms with E-state index in [-0.39, 0.29) is 10.3 Å². The van der Waals surface area contributed by atoms with Gasteiger partial charge < -0.3 is 4.42 Å². The van der Waals surface area contributed by atoms with Gasteiger partial charge in [-0.25, -0.2) is 4.98 Å². The first-order valence-electron chi connectivity index (χ1n) is 5.00. The van der Waals surface area contributed by atoms with E-state index in [1.807, 2.05) is 17.3 Å². The number of hydrazine groups is 2. The van der Waals surface area contributed by atoms with Gasteiger partial charge in [0.2, 0.25) is 0 Å². The lowest BCUT2D eigenvalue weighted by atomic mass is 10.5. The zero-order valence-electron chi connectivity index (χ0n) is 9.13. The molecule has 0 aromatic carbocycles. The molecule has 0 aliphatic carbocycles. The molecule has 0 saturated heterocycles. The number of hydrogen-bond donors (Lipinski definition) is 2. The third-order valence-corrected chi connectivity index (χ3v) is 2.89. The van der Waals surface area contributed by atoms with Gasteiger partial charge >= 0.3 is 6.01 Å². The molecule has 0 saturated carbocycles. The molecule has 9 heteroatoms. The van der Waals surface area contributed by atoms with E-state index < -0.39 is 0 Å². The van der Waals surface area contributed by atoms with E-state index in [0.717, 1.165) is 13.0 Å². The van der Waals surface area contributed by atoms with Crippen molar-refractivity contribution in [3.05, 3.63) is 24.7 Å². The molecular weight excluding hydrogens is 308 g/mol. The Kier molecular flexibility index (Phi) is 4.49. The summed E-state index contributed by atoms with van der Waals surface area (Å²) < 4.78 is 5.81. The van der Waals surface area contributed by atoms with Crippen molar-refractivity contribution in [1.29, 1.82) is 0 Å². The van der Waals surface area contributed by atoms with Crippen molar-refractivity contribution in [3.63, 3.8) is 0 Å². The molecule has 0 radical (unpaired) electrons. The molecule has 0 bridgehead atoms. The number of hydrogen-bond acceptors (Lipinski definition) is 5. The minimum atomic E-state index is 0.258. The van der Waals surface area contributed by atoms with Gasteiger partial charge in [0.15, 0.2) is 8.64 Å². The molecule has 96 valence electrons. The highest BCUT2D eigenvalue weighted by atomic mass is 32.1. The largest absolute Gasteiger partial charge is 0.431 e. The number of rotatable bonds is 2. The van der Waals surface area contributed by atoms with E-state index in [4.69, 9.17) is 28.9 Å². The Balaban J connectivity index is 2.34. The number of thiol groups is 2. The summed E-state index contributed by atoms with van der Waals surface area (Å²) in [5.74, 6) is 0. The number of aromatic nitrogens is 1. The average molecular weight is 318 g/mol. The van der Waals surface area contributed by atoms with Crippen LogP contribution in [0.5, 0.6) is 0 Å². The van der Waals surface area contributed by atoms with E-state index in [9.17, 15) is 0 Å². The lowest BCUT2D eigenvalue weighted by Crippen LogP contribution is -2.53. The molecule has 0 atom stereocenters. The number of oxazole rings is 1. The van der Waals surface area contributed by atoms with Crippen LogP contribution >= 0.6 is 49.7 Å². The van der Waals surface area contributed by atoms with Gasteiger partial charge in [-0.15, -0.1) is 25.3 Å². The fourth-order valence-electron chi connectivity index (χ4n) is 1.51. The van der Waals surface area contributed by atoms with Gasteiger partial charge in [-0.1, -0.05) is 18.3 Å². The SMILES string of the molecule is S=C(S)N(c1ncco1)N(C(=S)S)N1C=CCC1. The zero-order valence-corrected chi connectivity index (χ0v) is 12.6. The third kappa shape index (κ3) is 2.79. The van der Waals surface area contributed by atoms with Gasteiger partial charge in [0, 0.05) is 12.7 Å². The Labute approximate surface area is 126 Å². The van der Waals surface area contributed by atoms with Crippen LogP contribution in [0.2, 0.25) is 0 Å². The molecule has 0 unspecified atom stereocenters. The maximum absolute atomic E-state index is 5.24. The minimum Gasteiger partial charge on any atom is -0.431 e. The third-order valence-electron chi connectivity index (χ3n) is 2.19. The second kappa shape index (κ2) is 5.91. The molecule has 0 N–H and O–H groups in total. The van der Waals surface area contributed by atoms with Gasteiger partial charge in [-0.2, -0.15) is 10.1 Å². The zero-order chi connectivity index (χ0) is 13.1. The van der Waals surface area contributed by atoms with E-state index in [1.165, 1.54) is 17.5 Å². The van der Waals surface area contributed by atoms with E-state index in [1.54, 1.807) is 5.12 Å². The van der Waals surface area contributed by atoms with Crippen molar-refractivity contribution in [2.45, 2.75) is 6.42 Å². The minimum absolute atomic E-state index is 0.258. The van der Waals surface area contributed by atoms with Crippen molar-refractivity contribution in [3.8, 4) is 0 Å². The van der Waals surface area contributed by atoms with Crippen LogP contribution in [0.25, 0.3) is 0 Å². The molecule has 1 aliphatic heterocycles. The average Bonchev–Trinajstić information content (AvgIpc) is 2.97. The maximum atomic E-state index is 5.24. The van der Waals surface area contributed by atoms with Crippen LogP contribution in [0.15, 0.2) is 29.2 Å². The fourth-order valence-corrected chi connectivity index (χ4v) is 2.23. The summed E-state index contributed by atoms with van der Waals surface area (Å²) in [7, 11) is 0. The Morgan fingerprint density at radius 3 is 2.61 bits per heavy atom.